The minimum absolute atomic E-state index is 0.936. The molecule has 1 heterocycles. The fourth-order valence-electron chi connectivity index (χ4n) is 0.705. The SMILES string of the molecule is CC1=CN(C)C([O])N=C1. The van der Waals surface area contributed by atoms with Gasteiger partial charge >= 0.3 is 0 Å². The van der Waals surface area contributed by atoms with Crippen molar-refractivity contribution in [1.82, 2.24) is 4.90 Å². The van der Waals surface area contributed by atoms with Crippen LogP contribution in [0, 0.1) is 0 Å². The molecular weight excluding hydrogens is 116 g/mol. The molecule has 49 valence electrons. The second-order valence-corrected chi connectivity index (χ2v) is 2.14. The second kappa shape index (κ2) is 2.19. The normalized spacial score (nSPS) is 26.3. The molecule has 1 aliphatic rings. The van der Waals surface area contributed by atoms with Crippen LogP contribution in [-0.4, -0.2) is 24.5 Å². The van der Waals surface area contributed by atoms with E-state index in [1.165, 1.54) is 4.90 Å². The van der Waals surface area contributed by atoms with Crippen LogP contribution in [-0.2, 0) is 5.11 Å². The van der Waals surface area contributed by atoms with E-state index in [9.17, 15) is 5.11 Å². The maximum absolute atomic E-state index is 10.7. The Morgan fingerprint density at radius 1 is 1.78 bits per heavy atom. The average molecular weight is 125 g/mol. The Kier molecular flexibility index (Phi) is 1.53. The molecule has 1 rings (SSSR count). The van der Waals surface area contributed by atoms with Crippen molar-refractivity contribution in [2.24, 2.45) is 4.99 Å². The third kappa shape index (κ3) is 1.29. The summed E-state index contributed by atoms with van der Waals surface area (Å²) in [4.78, 5) is 5.21. The summed E-state index contributed by atoms with van der Waals surface area (Å²) < 4.78 is 0. The van der Waals surface area contributed by atoms with Crippen LogP contribution in [0.4, 0.5) is 0 Å². The molecule has 0 fully saturated rings. The monoisotopic (exact) mass is 125 g/mol. The molecule has 0 aliphatic carbocycles. The molecule has 0 aromatic carbocycles. The van der Waals surface area contributed by atoms with E-state index in [4.69, 9.17) is 0 Å². The van der Waals surface area contributed by atoms with Crippen molar-refractivity contribution >= 4 is 6.21 Å². The fourth-order valence-corrected chi connectivity index (χ4v) is 0.705. The highest BCUT2D eigenvalue weighted by Gasteiger charge is 2.09. The Morgan fingerprint density at radius 2 is 2.44 bits per heavy atom. The summed E-state index contributed by atoms with van der Waals surface area (Å²) in [6, 6.07) is 0. The van der Waals surface area contributed by atoms with Crippen LogP contribution in [0.3, 0.4) is 0 Å². The highest BCUT2D eigenvalue weighted by atomic mass is 16.3. The van der Waals surface area contributed by atoms with Crippen LogP contribution in [0.2, 0.25) is 0 Å². The lowest BCUT2D eigenvalue weighted by Gasteiger charge is -2.19. The molecule has 3 heteroatoms. The standard InChI is InChI=1S/C6H9N2O/c1-5-3-7-6(9)8(2)4-5/h3-4,6H,1-2H3. The lowest BCUT2D eigenvalue weighted by molar-refractivity contribution is -0.00247. The van der Waals surface area contributed by atoms with Crippen LogP contribution in [0.5, 0.6) is 0 Å². The topological polar surface area (TPSA) is 35.5 Å². The Balaban J connectivity index is 2.70. The van der Waals surface area contributed by atoms with Gasteiger partial charge in [-0.15, -0.1) is 0 Å². The Bertz CT molecular complexity index is 162. The van der Waals surface area contributed by atoms with Crippen LogP contribution >= 0.6 is 0 Å². The highest BCUT2D eigenvalue weighted by Crippen LogP contribution is 2.04. The van der Waals surface area contributed by atoms with E-state index in [1.807, 2.05) is 6.92 Å². The summed E-state index contributed by atoms with van der Waals surface area (Å²) >= 11 is 0. The van der Waals surface area contributed by atoms with E-state index in [0.717, 1.165) is 5.57 Å². The lowest BCUT2D eigenvalue weighted by atomic mass is 10.3. The van der Waals surface area contributed by atoms with E-state index in [-0.39, 0.29) is 0 Å². The van der Waals surface area contributed by atoms with E-state index >= 15 is 0 Å². The first-order valence-corrected chi connectivity index (χ1v) is 2.79. The molecule has 0 saturated heterocycles. The smallest absolute Gasteiger partial charge is 0.258 e. The summed E-state index contributed by atoms with van der Waals surface area (Å²) in [6.45, 7) is 1.91. The van der Waals surface area contributed by atoms with Crippen molar-refractivity contribution in [3.8, 4) is 0 Å². The van der Waals surface area contributed by atoms with Gasteiger partial charge in [-0.3, -0.25) is 0 Å². The first kappa shape index (κ1) is 6.29. The third-order valence-electron chi connectivity index (χ3n) is 1.16. The highest BCUT2D eigenvalue weighted by molar-refractivity contribution is 5.78. The van der Waals surface area contributed by atoms with Crippen LogP contribution < -0.4 is 0 Å². The molecule has 0 spiro atoms. The van der Waals surface area contributed by atoms with Crippen molar-refractivity contribution in [2.75, 3.05) is 7.05 Å². The van der Waals surface area contributed by atoms with Gasteiger partial charge < -0.3 is 4.90 Å². The number of rotatable bonds is 0. The number of allylic oxidation sites excluding steroid dienone is 1. The molecule has 9 heavy (non-hydrogen) atoms. The zero-order chi connectivity index (χ0) is 6.85. The lowest BCUT2D eigenvalue weighted by Crippen LogP contribution is -2.26. The molecule has 0 N–H and O–H groups in total. The predicted molar refractivity (Wildman–Crippen MR) is 34.5 cm³/mol. The Morgan fingerprint density at radius 3 is 2.89 bits per heavy atom. The van der Waals surface area contributed by atoms with E-state index in [2.05, 4.69) is 4.99 Å². The van der Waals surface area contributed by atoms with Crippen LogP contribution in [0.1, 0.15) is 6.92 Å². The quantitative estimate of drug-likeness (QED) is 0.467. The van der Waals surface area contributed by atoms with E-state index in [0.29, 0.717) is 0 Å². The summed E-state index contributed by atoms with van der Waals surface area (Å²) in [5, 5.41) is 10.7. The number of hydrogen-bond acceptors (Lipinski definition) is 2. The summed E-state index contributed by atoms with van der Waals surface area (Å²) in [5.74, 6) is 0. The second-order valence-electron chi connectivity index (χ2n) is 2.14. The van der Waals surface area contributed by atoms with Crippen molar-refractivity contribution in [3.05, 3.63) is 11.8 Å². The molecule has 1 unspecified atom stereocenters. The van der Waals surface area contributed by atoms with Gasteiger partial charge in [0.15, 0.2) is 0 Å². The van der Waals surface area contributed by atoms with Gasteiger partial charge in [0.1, 0.15) is 0 Å². The largest absolute Gasteiger partial charge is 0.335 e. The zero-order valence-corrected chi connectivity index (χ0v) is 5.53. The van der Waals surface area contributed by atoms with Crippen molar-refractivity contribution in [2.45, 2.75) is 13.3 Å². The Labute approximate surface area is 54.3 Å². The maximum atomic E-state index is 10.7. The van der Waals surface area contributed by atoms with Gasteiger partial charge in [-0.2, -0.15) is 5.11 Å². The number of aliphatic imine (C=N–C) groups is 1. The van der Waals surface area contributed by atoms with Crippen molar-refractivity contribution in [3.63, 3.8) is 0 Å². The summed E-state index contributed by atoms with van der Waals surface area (Å²) in [6.07, 6.45) is 2.44. The van der Waals surface area contributed by atoms with Gasteiger partial charge in [0.05, 0.1) is 0 Å². The molecule has 1 atom stereocenters. The first-order valence-electron chi connectivity index (χ1n) is 2.79. The predicted octanol–water partition coefficient (Wildman–Crippen LogP) is 0.621. The number of hydrogen-bond donors (Lipinski definition) is 0. The molecule has 1 aliphatic heterocycles. The summed E-state index contributed by atoms with van der Waals surface area (Å²) in [5.41, 5.74) is 1.02. The first-order chi connectivity index (χ1) is 4.20. The Hall–Kier alpha value is -0.830. The molecule has 1 radical (unpaired) electrons. The van der Waals surface area contributed by atoms with Crippen molar-refractivity contribution in [1.29, 1.82) is 0 Å². The van der Waals surface area contributed by atoms with Crippen molar-refractivity contribution < 1.29 is 5.11 Å². The fraction of sp³-hybridized carbons (Fsp3) is 0.500. The minimum Gasteiger partial charge on any atom is -0.335 e. The van der Waals surface area contributed by atoms with Gasteiger partial charge in [-0.05, 0) is 12.5 Å². The van der Waals surface area contributed by atoms with Crippen LogP contribution in [0.25, 0.3) is 0 Å². The molecular formula is C6H9N2O. The average Bonchev–Trinajstić information content (AvgIpc) is 1.80. The minimum atomic E-state index is -0.936. The van der Waals surface area contributed by atoms with Crippen LogP contribution in [0.15, 0.2) is 16.8 Å². The summed E-state index contributed by atoms with van der Waals surface area (Å²) in [7, 11) is 1.72. The molecule has 0 aromatic rings. The van der Waals surface area contributed by atoms with E-state index in [1.54, 1.807) is 19.5 Å². The molecule has 0 bridgehead atoms. The van der Waals surface area contributed by atoms with E-state index < -0.39 is 6.35 Å². The van der Waals surface area contributed by atoms with Gasteiger partial charge in [0, 0.05) is 19.5 Å². The third-order valence-corrected chi connectivity index (χ3v) is 1.16. The molecule has 0 amide bonds. The van der Waals surface area contributed by atoms with Gasteiger partial charge in [0.25, 0.3) is 6.35 Å². The van der Waals surface area contributed by atoms with Gasteiger partial charge in [-0.1, -0.05) is 0 Å². The zero-order valence-electron chi connectivity index (χ0n) is 5.53. The van der Waals surface area contributed by atoms with Gasteiger partial charge in [-0.25, -0.2) is 4.99 Å². The molecule has 0 saturated carbocycles. The molecule has 0 aromatic heterocycles. The van der Waals surface area contributed by atoms with Gasteiger partial charge in [0.2, 0.25) is 0 Å². The maximum Gasteiger partial charge on any atom is 0.258 e. The number of nitrogens with zero attached hydrogens (tertiary/aromatic N) is 2. The molecule has 3 nitrogen and oxygen atoms in total.